The van der Waals surface area contributed by atoms with Crippen molar-refractivity contribution < 1.29 is 9.53 Å². The van der Waals surface area contributed by atoms with Gasteiger partial charge in [0.05, 0.1) is 12.2 Å². The zero-order chi connectivity index (χ0) is 11.3. The van der Waals surface area contributed by atoms with Crippen LogP contribution in [0.25, 0.3) is 0 Å². The van der Waals surface area contributed by atoms with Crippen LogP contribution in [0.4, 0.5) is 0 Å². The summed E-state index contributed by atoms with van der Waals surface area (Å²) in [5.41, 5.74) is 1.63. The van der Waals surface area contributed by atoms with Crippen LogP contribution in [0.15, 0.2) is 24.3 Å². The summed E-state index contributed by atoms with van der Waals surface area (Å²) in [4.78, 5) is 11.7. The first kappa shape index (κ1) is 11.8. The zero-order valence-corrected chi connectivity index (χ0v) is 9.62. The Balaban J connectivity index is 2.58. The van der Waals surface area contributed by atoms with E-state index >= 15 is 0 Å². The van der Waals surface area contributed by atoms with Gasteiger partial charge in [0.25, 0.3) is 0 Å². The molecule has 1 atom stereocenters. The molecule has 0 bridgehead atoms. The van der Waals surface area contributed by atoms with Crippen LogP contribution in [0.1, 0.15) is 36.2 Å². The summed E-state index contributed by atoms with van der Waals surface area (Å²) in [6.07, 6.45) is 1.03. The first-order valence-corrected chi connectivity index (χ1v) is 5.38. The fraction of sp³-hybridized carbons (Fsp3) is 0.462. The normalized spacial score (nSPS) is 12.2. The minimum Gasteiger partial charge on any atom is -0.462 e. The van der Waals surface area contributed by atoms with Gasteiger partial charge in [-0.25, -0.2) is 4.79 Å². The highest BCUT2D eigenvalue weighted by atomic mass is 16.5. The summed E-state index contributed by atoms with van der Waals surface area (Å²) in [5, 5.41) is 0. The molecule has 1 aromatic carbocycles. The molecule has 0 aliphatic rings. The van der Waals surface area contributed by atoms with Gasteiger partial charge in [-0.05, 0) is 24.5 Å². The monoisotopic (exact) mass is 206 g/mol. The van der Waals surface area contributed by atoms with Crippen LogP contribution < -0.4 is 0 Å². The number of carbonyl (C=O) groups excluding carboxylic acids is 1. The lowest BCUT2D eigenvalue weighted by Gasteiger charge is -2.10. The van der Waals surface area contributed by atoms with Crippen LogP contribution in [0.5, 0.6) is 0 Å². The molecule has 0 saturated heterocycles. The third-order valence-corrected chi connectivity index (χ3v) is 2.56. The minimum absolute atomic E-state index is 0.214. The van der Waals surface area contributed by atoms with Crippen molar-refractivity contribution in [2.45, 2.75) is 27.2 Å². The first-order valence-electron chi connectivity index (χ1n) is 5.38. The Morgan fingerprint density at radius 3 is 2.67 bits per heavy atom. The molecule has 0 fully saturated rings. The maximum absolute atomic E-state index is 11.7. The highest BCUT2D eigenvalue weighted by molar-refractivity contribution is 5.90. The Hall–Kier alpha value is -1.31. The molecule has 0 unspecified atom stereocenters. The number of ether oxygens (including phenoxy) is 1. The van der Waals surface area contributed by atoms with Gasteiger partial charge < -0.3 is 4.74 Å². The number of rotatable bonds is 4. The molecule has 0 radical (unpaired) electrons. The third-order valence-electron chi connectivity index (χ3n) is 2.56. The van der Waals surface area contributed by atoms with Gasteiger partial charge in [0.15, 0.2) is 0 Å². The van der Waals surface area contributed by atoms with E-state index in [9.17, 15) is 4.79 Å². The summed E-state index contributed by atoms with van der Waals surface area (Å²) in [6.45, 7) is 6.58. The minimum atomic E-state index is -0.214. The Morgan fingerprint density at radius 1 is 1.40 bits per heavy atom. The predicted octanol–water partition coefficient (Wildman–Crippen LogP) is 3.20. The molecule has 1 aromatic rings. The van der Waals surface area contributed by atoms with Crippen molar-refractivity contribution in [1.82, 2.24) is 0 Å². The number of hydrogen-bond donors (Lipinski definition) is 0. The number of hydrogen-bond acceptors (Lipinski definition) is 2. The van der Waals surface area contributed by atoms with Gasteiger partial charge in [-0.3, -0.25) is 0 Å². The number of aryl methyl sites for hydroxylation is 1. The van der Waals surface area contributed by atoms with Gasteiger partial charge >= 0.3 is 5.97 Å². The molecular weight excluding hydrogens is 188 g/mol. The highest BCUT2D eigenvalue weighted by Gasteiger charge is 2.10. The molecule has 0 spiro atoms. The van der Waals surface area contributed by atoms with Gasteiger partial charge in [-0.2, -0.15) is 0 Å². The second kappa shape index (κ2) is 5.54. The van der Waals surface area contributed by atoms with Crippen LogP contribution in [0.2, 0.25) is 0 Å². The topological polar surface area (TPSA) is 26.3 Å². The Labute approximate surface area is 91.3 Å². The molecule has 0 heterocycles. The smallest absolute Gasteiger partial charge is 0.338 e. The SMILES string of the molecule is CC[C@@H](C)COC(=O)c1ccccc1C. The van der Waals surface area contributed by atoms with E-state index < -0.39 is 0 Å². The fourth-order valence-corrected chi connectivity index (χ4v) is 1.22. The molecule has 2 nitrogen and oxygen atoms in total. The molecule has 15 heavy (non-hydrogen) atoms. The van der Waals surface area contributed by atoms with Crippen molar-refractivity contribution in [1.29, 1.82) is 0 Å². The van der Waals surface area contributed by atoms with E-state index in [1.165, 1.54) is 0 Å². The van der Waals surface area contributed by atoms with E-state index in [-0.39, 0.29) is 5.97 Å². The van der Waals surface area contributed by atoms with Crippen molar-refractivity contribution in [3.05, 3.63) is 35.4 Å². The molecule has 1 rings (SSSR count). The van der Waals surface area contributed by atoms with E-state index in [0.29, 0.717) is 18.1 Å². The van der Waals surface area contributed by atoms with Crippen LogP contribution in [0, 0.1) is 12.8 Å². The van der Waals surface area contributed by atoms with Crippen LogP contribution >= 0.6 is 0 Å². The summed E-state index contributed by atoms with van der Waals surface area (Å²) in [7, 11) is 0. The van der Waals surface area contributed by atoms with E-state index in [4.69, 9.17) is 4.74 Å². The maximum Gasteiger partial charge on any atom is 0.338 e. The highest BCUT2D eigenvalue weighted by Crippen LogP contribution is 2.10. The molecule has 0 saturated carbocycles. The van der Waals surface area contributed by atoms with E-state index in [0.717, 1.165) is 12.0 Å². The molecule has 0 amide bonds. The Kier molecular flexibility index (Phi) is 4.35. The van der Waals surface area contributed by atoms with Gasteiger partial charge in [0.2, 0.25) is 0 Å². The lowest BCUT2D eigenvalue weighted by molar-refractivity contribution is 0.0446. The Bertz CT molecular complexity index is 331. The largest absolute Gasteiger partial charge is 0.462 e. The number of carbonyl (C=O) groups is 1. The summed E-state index contributed by atoms with van der Waals surface area (Å²) < 4.78 is 5.22. The van der Waals surface area contributed by atoms with Crippen molar-refractivity contribution >= 4 is 5.97 Å². The molecule has 0 aliphatic heterocycles. The molecular formula is C13H18O2. The van der Waals surface area contributed by atoms with Crippen LogP contribution in [-0.4, -0.2) is 12.6 Å². The van der Waals surface area contributed by atoms with Crippen molar-refractivity contribution in [3.63, 3.8) is 0 Å². The van der Waals surface area contributed by atoms with Gasteiger partial charge in [0, 0.05) is 0 Å². The summed E-state index contributed by atoms with van der Waals surface area (Å²) in [6, 6.07) is 7.49. The van der Waals surface area contributed by atoms with Crippen molar-refractivity contribution in [3.8, 4) is 0 Å². The van der Waals surface area contributed by atoms with Gasteiger partial charge in [-0.1, -0.05) is 38.5 Å². The van der Waals surface area contributed by atoms with Gasteiger partial charge in [-0.15, -0.1) is 0 Å². The third kappa shape index (κ3) is 3.39. The maximum atomic E-state index is 11.7. The van der Waals surface area contributed by atoms with Gasteiger partial charge in [0.1, 0.15) is 0 Å². The zero-order valence-electron chi connectivity index (χ0n) is 9.62. The van der Waals surface area contributed by atoms with E-state index in [2.05, 4.69) is 13.8 Å². The van der Waals surface area contributed by atoms with Crippen molar-refractivity contribution in [2.24, 2.45) is 5.92 Å². The summed E-state index contributed by atoms with van der Waals surface area (Å²) in [5.74, 6) is 0.214. The average molecular weight is 206 g/mol. The Morgan fingerprint density at radius 2 is 2.07 bits per heavy atom. The van der Waals surface area contributed by atoms with Crippen LogP contribution in [-0.2, 0) is 4.74 Å². The molecule has 82 valence electrons. The lowest BCUT2D eigenvalue weighted by atomic mass is 10.1. The second-order valence-electron chi connectivity index (χ2n) is 3.93. The van der Waals surface area contributed by atoms with Crippen LogP contribution in [0.3, 0.4) is 0 Å². The molecule has 2 heteroatoms. The number of esters is 1. The fourth-order valence-electron chi connectivity index (χ4n) is 1.22. The lowest BCUT2D eigenvalue weighted by Crippen LogP contribution is -2.12. The average Bonchev–Trinajstić information content (AvgIpc) is 2.26. The van der Waals surface area contributed by atoms with E-state index in [1.54, 1.807) is 6.07 Å². The molecule has 0 aliphatic carbocycles. The second-order valence-corrected chi connectivity index (χ2v) is 3.93. The molecule has 0 aromatic heterocycles. The standard InChI is InChI=1S/C13H18O2/c1-4-10(2)9-15-13(14)12-8-6-5-7-11(12)3/h5-8,10H,4,9H2,1-3H3/t10-/m1/s1. The predicted molar refractivity (Wildman–Crippen MR) is 60.9 cm³/mol. The van der Waals surface area contributed by atoms with Crippen molar-refractivity contribution in [2.75, 3.05) is 6.61 Å². The molecule has 0 N–H and O–H groups in total. The quantitative estimate of drug-likeness (QED) is 0.707. The number of benzene rings is 1. The summed E-state index contributed by atoms with van der Waals surface area (Å²) >= 11 is 0. The first-order chi connectivity index (χ1) is 7.15. The van der Waals surface area contributed by atoms with E-state index in [1.807, 2.05) is 25.1 Å².